The second-order valence-corrected chi connectivity index (χ2v) is 7.16. The average Bonchev–Trinajstić information content (AvgIpc) is 1.86. The van der Waals surface area contributed by atoms with E-state index in [4.69, 9.17) is 0 Å². The summed E-state index contributed by atoms with van der Waals surface area (Å²) in [5, 5.41) is 0. The van der Waals surface area contributed by atoms with E-state index in [0.717, 1.165) is 0 Å². The first-order valence-corrected chi connectivity index (χ1v) is 6.20. The molecule has 0 aliphatic heterocycles. The van der Waals surface area contributed by atoms with Gasteiger partial charge < -0.3 is 0 Å². The van der Waals surface area contributed by atoms with Gasteiger partial charge in [-0.3, -0.25) is 0 Å². The van der Waals surface area contributed by atoms with E-state index in [0.29, 0.717) is 0 Å². The smallest absolute Gasteiger partial charge is 0.0332 e. The van der Waals surface area contributed by atoms with E-state index < -0.39 is 0 Å². The third-order valence-corrected chi connectivity index (χ3v) is 7.34. The lowest BCUT2D eigenvalue weighted by atomic mass is 13.9. The maximum absolute atomic E-state index is 4.01. The van der Waals surface area contributed by atoms with Crippen molar-refractivity contribution in [1.29, 1.82) is 0 Å². The average molecular weight is 175 g/mol. The zero-order chi connectivity index (χ0) is 4.41. The van der Waals surface area contributed by atoms with Crippen LogP contribution in [-0.2, 0) is 0 Å². The molecule has 0 bridgehead atoms. The zero-order valence-electron chi connectivity index (χ0n) is 2.53. The Balaban J connectivity index is 3.05. The number of nitrogens with zero attached hydrogens (tertiary/aromatic N) is 1. The van der Waals surface area contributed by atoms with Crippen LogP contribution in [0.3, 0.4) is 0 Å². The Morgan fingerprint density at radius 3 is 1.83 bits per heavy atom. The van der Waals surface area contributed by atoms with E-state index in [-0.39, 0.29) is 0 Å². The van der Waals surface area contributed by atoms with Crippen molar-refractivity contribution in [1.82, 2.24) is 2.75 Å². The van der Waals surface area contributed by atoms with Crippen molar-refractivity contribution >= 4 is 52.6 Å². The lowest BCUT2D eigenvalue weighted by molar-refractivity contribution is 1.75. The molecule has 36 valence electrons. The van der Waals surface area contributed by atoms with Crippen LogP contribution < -0.4 is 0 Å². The molecule has 1 aromatic heterocycles. The molecule has 0 aromatic carbocycles. The van der Waals surface area contributed by atoms with Crippen molar-refractivity contribution in [3.63, 3.8) is 0 Å². The number of thiol groups is 1. The van der Waals surface area contributed by atoms with E-state index >= 15 is 0 Å². The molecule has 1 aromatic rings. The molecule has 0 fully saturated rings. The molecule has 0 spiro atoms. The van der Waals surface area contributed by atoms with Crippen molar-refractivity contribution in [2.24, 2.45) is 0 Å². The first-order valence-electron chi connectivity index (χ1n) is 1.07. The highest BCUT2D eigenvalue weighted by molar-refractivity contribution is 8.12. The zero-order valence-corrected chi connectivity index (χ0v) is 6.69. The molecule has 0 amide bonds. The van der Waals surface area contributed by atoms with Gasteiger partial charge in [-0.25, -0.2) is 0 Å². The minimum absolute atomic E-state index is 1.64. The van der Waals surface area contributed by atoms with Crippen LogP contribution in [0.15, 0.2) is 0 Å². The molecule has 0 N–H and O–H groups in total. The summed E-state index contributed by atoms with van der Waals surface area (Å²) in [7, 11) is 6.73. The predicted molar refractivity (Wildman–Crippen MR) is 38.0 cm³/mol. The third-order valence-electron chi connectivity index (χ3n) is 0.216. The van der Waals surface area contributed by atoms with Gasteiger partial charge in [0.05, 0.1) is 0 Å². The molecule has 0 unspecified atom stereocenters. The van der Waals surface area contributed by atoms with E-state index in [1.54, 1.807) is 39.8 Å². The normalized spacial score (nSPS) is 8.83. The summed E-state index contributed by atoms with van der Waals surface area (Å²) < 4.78 is 1.81. The second kappa shape index (κ2) is 2.37. The lowest BCUT2D eigenvalue weighted by Crippen LogP contribution is -1.49. The molecular formula is HNS5. The minimum Gasteiger partial charge on any atom is -0.176 e. The second-order valence-electron chi connectivity index (χ2n) is 0.523. The predicted octanol–water partition coefficient (Wildman–Crippen LogP) is 2.55. The monoisotopic (exact) mass is 175 g/mol. The Bertz CT molecular complexity index is 107. The molecule has 6 heavy (non-hydrogen) atoms. The van der Waals surface area contributed by atoms with Gasteiger partial charge in [0, 0.05) is 39.8 Å². The first kappa shape index (κ1) is 5.17. The van der Waals surface area contributed by atoms with Crippen LogP contribution in [0.4, 0.5) is 0 Å². The van der Waals surface area contributed by atoms with Crippen molar-refractivity contribution < 1.29 is 0 Å². The molecule has 6 heteroatoms. The summed E-state index contributed by atoms with van der Waals surface area (Å²) in [4.78, 5) is 0. The van der Waals surface area contributed by atoms with Crippen molar-refractivity contribution in [2.75, 3.05) is 0 Å². The fraction of sp³-hybridized carbons (Fsp3) is 0. The summed E-state index contributed by atoms with van der Waals surface area (Å²) in [6, 6.07) is 0. The van der Waals surface area contributed by atoms with Crippen molar-refractivity contribution in [2.45, 2.75) is 0 Å². The maximum atomic E-state index is 4.01. The number of hydrogen-bond acceptors (Lipinski definition) is 5. The summed E-state index contributed by atoms with van der Waals surface area (Å²) >= 11 is 4.01. The quantitative estimate of drug-likeness (QED) is 0.457. The Labute approximate surface area is 55.2 Å². The molecule has 0 atom stereocenters. The number of rotatable bonds is 0. The van der Waals surface area contributed by atoms with Gasteiger partial charge in [0.1, 0.15) is 0 Å². The Morgan fingerprint density at radius 2 is 1.67 bits per heavy atom. The SMILES string of the molecule is Sn1ssss1. The van der Waals surface area contributed by atoms with Crippen LogP contribution in [-0.4, -0.2) is 2.75 Å². The molecule has 1 rings (SSSR count). The van der Waals surface area contributed by atoms with Gasteiger partial charge in [-0.05, 0) is 12.8 Å². The Morgan fingerprint density at radius 1 is 1.17 bits per heavy atom. The highest BCUT2D eigenvalue weighted by Crippen LogP contribution is 2.21. The van der Waals surface area contributed by atoms with Gasteiger partial charge in [0.2, 0.25) is 0 Å². The molecular weight excluding hydrogens is 174 g/mol. The van der Waals surface area contributed by atoms with E-state index in [1.807, 2.05) is 2.75 Å². The van der Waals surface area contributed by atoms with E-state index in [1.165, 1.54) is 0 Å². The number of aromatic nitrogens is 1. The van der Waals surface area contributed by atoms with Gasteiger partial charge in [-0.2, -0.15) is 2.75 Å². The van der Waals surface area contributed by atoms with E-state index in [9.17, 15) is 0 Å². The first-order chi connectivity index (χ1) is 2.89. The van der Waals surface area contributed by atoms with Crippen molar-refractivity contribution in [3.05, 3.63) is 0 Å². The molecule has 0 aliphatic rings. The summed E-state index contributed by atoms with van der Waals surface area (Å²) in [6.45, 7) is 0. The summed E-state index contributed by atoms with van der Waals surface area (Å²) in [6.07, 6.45) is 0. The minimum atomic E-state index is 1.64. The highest BCUT2D eigenvalue weighted by Gasteiger charge is 1.75. The maximum Gasteiger partial charge on any atom is 0.0332 e. The van der Waals surface area contributed by atoms with Crippen LogP contribution in [0.1, 0.15) is 0 Å². The van der Waals surface area contributed by atoms with Gasteiger partial charge in [0.25, 0.3) is 0 Å². The van der Waals surface area contributed by atoms with Gasteiger partial charge >= 0.3 is 0 Å². The Kier molecular flexibility index (Phi) is 2.04. The standard InChI is InChI=1S/HNS5/c2-1-3-5-6-4-1/h2H. The topological polar surface area (TPSA) is 4.93 Å². The Hall–Kier alpha value is 1.03. The molecule has 0 saturated heterocycles. The highest BCUT2D eigenvalue weighted by atomic mass is 33.4. The van der Waals surface area contributed by atoms with Crippen LogP contribution in [0.5, 0.6) is 0 Å². The van der Waals surface area contributed by atoms with Gasteiger partial charge in [-0.1, -0.05) is 0 Å². The van der Waals surface area contributed by atoms with Crippen molar-refractivity contribution in [3.8, 4) is 0 Å². The van der Waals surface area contributed by atoms with Gasteiger partial charge in [-0.15, -0.1) is 0 Å². The third kappa shape index (κ3) is 1.27. The molecule has 0 saturated carbocycles. The molecule has 1 nitrogen and oxygen atoms in total. The summed E-state index contributed by atoms with van der Waals surface area (Å²) in [5.41, 5.74) is 0. The van der Waals surface area contributed by atoms with Crippen LogP contribution >= 0.6 is 52.6 Å². The van der Waals surface area contributed by atoms with Crippen LogP contribution in [0, 0.1) is 0 Å². The van der Waals surface area contributed by atoms with E-state index in [2.05, 4.69) is 12.8 Å². The van der Waals surface area contributed by atoms with Crippen LogP contribution in [0.25, 0.3) is 0 Å². The molecule has 0 aliphatic carbocycles. The largest absolute Gasteiger partial charge is 0.176 e. The molecule has 0 radical (unpaired) electrons. The van der Waals surface area contributed by atoms with Gasteiger partial charge in [0.15, 0.2) is 0 Å². The lowest BCUT2D eigenvalue weighted by Gasteiger charge is -1.69. The van der Waals surface area contributed by atoms with Crippen LogP contribution in [0.2, 0.25) is 0 Å². The number of hydrogen-bond donors (Lipinski definition) is 1. The summed E-state index contributed by atoms with van der Waals surface area (Å²) in [5.74, 6) is 0. The fourth-order valence-electron chi connectivity index (χ4n) is 0.0893. The molecule has 1 heterocycles. The fourth-order valence-corrected chi connectivity index (χ4v) is 7.24.